The van der Waals surface area contributed by atoms with Crippen LogP contribution in [0.25, 0.3) is 0 Å². The minimum atomic E-state index is -0.487. The quantitative estimate of drug-likeness (QED) is 0.434. The highest BCUT2D eigenvalue weighted by Crippen LogP contribution is 2.42. The van der Waals surface area contributed by atoms with Crippen LogP contribution in [0.3, 0.4) is 0 Å². The van der Waals surface area contributed by atoms with Gasteiger partial charge in [-0.25, -0.2) is 0 Å². The summed E-state index contributed by atoms with van der Waals surface area (Å²) in [6.07, 6.45) is 0.358. The van der Waals surface area contributed by atoms with Gasteiger partial charge in [-0.1, -0.05) is 38.1 Å². The summed E-state index contributed by atoms with van der Waals surface area (Å²) in [5, 5.41) is 29.0. The second-order valence-corrected chi connectivity index (χ2v) is 4.28. The second-order valence-electron chi connectivity index (χ2n) is 4.28. The predicted molar refractivity (Wildman–Crippen MR) is 75.5 cm³/mol. The molecule has 4 heteroatoms. The first-order valence-corrected chi connectivity index (χ1v) is 6.49. The highest BCUT2D eigenvalue weighted by molar-refractivity contribution is 6.14. The van der Waals surface area contributed by atoms with Crippen molar-refractivity contribution in [2.24, 2.45) is 0 Å². The van der Waals surface area contributed by atoms with E-state index < -0.39 is 11.5 Å². The van der Waals surface area contributed by atoms with Crippen LogP contribution in [-0.4, -0.2) is 21.1 Å². The molecule has 20 heavy (non-hydrogen) atoms. The number of carbonyl (C=O) groups is 1. The van der Waals surface area contributed by atoms with Crippen molar-refractivity contribution in [2.75, 3.05) is 0 Å². The average Bonchev–Trinajstić information content (AvgIpc) is 2.47. The van der Waals surface area contributed by atoms with Gasteiger partial charge in [-0.05, 0) is 5.56 Å². The van der Waals surface area contributed by atoms with Gasteiger partial charge in [0.1, 0.15) is 5.75 Å². The van der Waals surface area contributed by atoms with Crippen molar-refractivity contribution in [3.05, 3.63) is 52.6 Å². The number of phenols is 3. The van der Waals surface area contributed by atoms with Crippen molar-refractivity contribution in [1.29, 1.82) is 0 Å². The molecule has 0 aliphatic heterocycles. The van der Waals surface area contributed by atoms with Crippen LogP contribution in [0.4, 0.5) is 0 Å². The Balaban J connectivity index is 0.000000704. The van der Waals surface area contributed by atoms with Crippen LogP contribution >= 0.6 is 0 Å². The van der Waals surface area contributed by atoms with E-state index in [1.165, 1.54) is 0 Å². The van der Waals surface area contributed by atoms with Crippen molar-refractivity contribution in [3.63, 3.8) is 0 Å². The number of ketones is 1. The molecule has 0 spiro atoms. The van der Waals surface area contributed by atoms with E-state index in [-0.39, 0.29) is 17.1 Å². The Morgan fingerprint density at radius 3 is 2.35 bits per heavy atom. The van der Waals surface area contributed by atoms with Crippen LogP contribution in [0.5, 0.6) is 17.2 Å². The molecule has 0 fully saturated rings. The third-order valence-corrected chi connectivity index (χ3v) is 3.22. The molecule has 104 valence electrons. The summed E-state index contributed by atoms with van der Waals surface area (Å²) in [4.78, 5) is 12.3. The van der Waals surface area contributed by atoms with E-state index >= 15 is 0 Å². The van der Waals surface area contributed by atoms with Gasteiger partial charge in [-0.3, -0.25) is 4.79 Å². The molecule has 0 atom stereocenters. The summed E-state index contributed by atoms with van der Waals surface area (Å²) in [6, 6.07) is 8.08. The summed E-state index contributed by atoms with van der Waals surface area (Å²) >= 11 is 0. The van der Waals surface area contributed by atoms with Gasteiger partial charge in [-0.2, -0.15) is 0 Å². The Bertz CT molecular complexity index is 674. The number of rotatable bonds is 0. The Kier molecular flexibility index (Phi) is 3.66. The summed E-state index contributed by atoms with van der Waals surface area (Å²) in [5.74, 6) is -1.51. The third kappa shape index (κ3) is 1.99. The third-order valence-electron chi connectivity index (χ3n) is 3.22. The molecule has 4 nitrogen and oxygen atoms in total. The van der Waals surface area contributed by atoms with Crippen molar-refractivity contribution in [2.45, 2.75) is 20.3 Å². The van der Waals surface area contributed by atoms with E-state index in [2.05, 4.69) is 0 Å². The molecule has 0 aromatic heterocycles. The van der Waals surface area contributed by atoms with Crippen LogP contribution in [0.15, 0.2) is 30.3 Å². The lowest BCUT2D eigenvalue weighted by Gasteiger charge is -2.20. The summed E-state index contributed by atoms with van der Waals surface area (Å²) < 4.78 is 0. The van der Waals surface area contributed by atoms with Gasteiger partial charge in [0.15, 0.2) is 17.3 Å². The zero-order valence-corrected chi connectivity index (χ0v) is 11.3. The molecule has 0 heterocycles. The molecule has 0 radical (unpaired) electrons. The average molecular weight is 272 g/mol. The van der Waals surface area contributed by atoms with Crippen LogP contribution in [-0.2, 0) is 6.42 Å². The van der Waals surface area contributed by atoms with E-state index in [0.29, 0.717) is 17.5 Å². The summed E-state index contributed by atoms with van der Waals surface area (Å²) in [5.41, 5.74) is 1.64. The lowest BCUT2D eigenvalue weighted by molar-refractivity contribution is 0.103. The zero-order valence-electron chi connectivity index (χ0n) is 11.3. The van der Waals surface area contributed by atoms with E-state index in [0.717, 1.165) is 11.6 Å². The Labute approximate surface area is 116 Å². The topological polar surface area (TPSA) is 77.8 Å². The van der Waals surface area contributed by atoms with Gasteiger partial charge >= 0.3 is 0 Å². The van der Waals surface area contributed by atoms with Gasteiger partial charge in [0.05, 0.1) is 5.56 Å². The standard InChI is InChI=1S/C14H10O4.C2H6/c15-10-6-11(16)14(18)12-9(10)5-7-3-1-2-4-8(7)13(12)17;1-2/h1-4,6,15-16,18H,5H2;1-2H3. The largest absolute Gasteiger partial charge is 0.507 e. The molecule has 0 saturated heterocycles. The van der Waals surface area contributed by atoms with Crippen molar-refractivity contribution >= 4 is 5.78 Å². The van der Waals surface area contributed by atoms with Crippen molar-refractivity contribution < 1.29 is 20.1 Å². The monoisotopic (exact) mass is 272 g/mol. The number of carbonyl (C=O) groups excluding carboxylic acids is 1. The second kappa shape index (κ2) is 5.25. The first-order valence-electron chi connectivity index (χ1n) is 6.49. The molecular weight excluding hydrogens is 256 g/mol. The van der Waals surface area contributed by atoms with Gasteiger partial charge in [0.25, 0.3) is 0 Å². The minimum absolute atomic E-state index is 0.00815. The molecule has 0 amide bonds. The maximum atomic E-state index is 12.3. The number of hydrogen-bond acceptors (Lipinski definition) is 4. The first kappa shape index (κ1) is 13.9. The lowest BCUT2D eigenvalue weighted by atomic mass is 9.84. The smallest absolute Gasteiger partial charge is 0.197 e. The van der Waals surface area contributed by atoms with Crippen LogP contribution in [0, 0.1) is 0 Å². The highest BCUT2D eigenvalue weighted by Gasteiger charge is 2.29. The fourth-order valence-electron chi connectivity index (χ4n) is 2.33. The lowest BCUT2D eigenvalue weighted by Crippen LogP contribution is -2.15. The van der Waals surface area contributed by atoms with Gasteiger partial charge in [0, 0.05) is 23.6 Å². The van der Waals surface area contributed by atoms with Crippen molar-refractivity contribution in [1.82, 2.24) is 0 Å². The molecule has 2 aromatic rings. The Morgan fingerprint density at radius 2 is 1.65 bits per heavy atom. The van der Waals surface area contributed by atoms with Gasteiger partial charge in [-0.15, -0.1) is 0 Å². The maximum Gasteiger partial charge on any atom is 0.197 e. The van der Waals surface area contributed by atoms with E-state index in [9.17, 15) is 20.1 Å². The number of aromatic hydroxyl groups is 3. The van der Waals surface area contributed by atoms with Crippen LogP contribution in [0.2, 0.25) is 0 Å². The molecule has 0 saturated carbocycles. The molecule has 0 bridgehead atoms. The number of benzene rings is 2. The molecule has 3 rings (SSSR count). The van der Waals surface area contributed by atoms with Gasteiger partial charge < -0.3 is 15.3 Å². The van der Waals surface area contributed by atoms with Gasteiger partial charge in [0.2, 0.25) is 0 Å². The normalized spacial score (nSPS) is 12.0. The van der Waals surface area contributed by atoms with Crippen LogP contribution < -0.4 is 0 Å². The molecule has 2 aromatic carbocycles. The molecule has 1 aliphatic rings. The van der Waals surface area contributed by atoms with E-state index in [4.69, 9.17) is 0 Å². The zero-order chi connectivity index (χ0) is 14.9. The first-order chi connectivity index (χ1) is 9.59. The Morgan fingerprint density at radius 1 is 1.00 bits per heavy atom. The minimum Gasteiger partial charge on any atom is -0.507 e. The van der Waals surface area contributed by atoms with Crippen LogP contribution in [0.1, 0.15) is 40.9 Å². The molecule has 1 aliphatic carbocycles. The molecular formula is C16H16O4. The predicted octanol–water partition coefficient (Wildman–Crippen LogP) is 2.96. The van der Waals surface area contributed by atoms with Crippen molar-refractivity contribution in [3.8, 4) is 17.2 Å². The van der Waals surface area contributed by atoms with E-state index in [1.54, 1.807) is 18.2 Å². The molecule has 3 N–H and O–H groups in total. The Hall–Kier alpha value is -2.49. The fourth-order valence-corrected chi connectivity index (χ4v) is 2.33. The highest BCUT2D eigenvalue weighted by atomic mass is 16.3. The summed E-state index contributed by atoms with van der Waals surface area (Å²) in [6.45, 7) is 4.00. The molecule has 0 unspecified atom stereocenters. The number of phenolic OH excluding ortho intramolecular Hbond substituents is 3. The maximum absolute atomic E-state index is 12.3. The number of hydrogen-bond donors (Lipinski definition) is 3. The SMILES string of the molecule is CC.O=C1c2ccccc2Cc2c(O)cc(O)c(O)c21. The van der Waals surface area contributed by atoms with E-state index in [1.807, 2.05) is 19.9 Å². The summed E-state index contributed by atoms with van der Waals surface area (Å²) in [7, 11) is 0. The fraction of sp³-hybridized carbons (Fsp3) is 0.188. The number of fused-ring (bicyclic) bond motifs is 2.